The molecule has 118 valence electrons. The van der Waals surface area contributed by atoms with E-state index in [9.17, 15) is 4.79 Å². The van der Waals surface area contributed by atoms with Crippen LogP contribution in [0.4, 0.5) is 0 Å². The first-order valence-corrected chi connectivity index (χ1v) is 8.31. The zero-order valence-corrected chi connectivity index (χ0v) is 13.5. The molecule has 0 fully saturated rings. The number of hydrogen-bond donors (Lipinski definition) is 0. The Balaban J connectivity index is 1.58. The van der Waals surface area contributed by atoms with E-state index in [2.05, 4.69) is 4.98 Å². The molecule has 0 atom stereocenters. The summed E-state index contributed by atoms with van der Waals surface area (Å²) < 4.78 is 11.3. The number of rotatable bonds is 5. The molecule has 0 bridgehead atoms. The van der Waals surface area contributed by atoms with Crippen LogP contribution < -0.4 is 4.74 Å². The van der Waals surface area contributed by atoms with Gasteiger partial charge < -0.3 is 9.15 Å². The van der Waals surface area contributed by atoms with E-state index >= 15 is 0 Å². The lowest BCUT2D eigenvalue weighted by Gasteiger charge is -2.09. The monoisotopic (exact) mass is 335 g/mol. The molecular weight excluding hydrogens is 322 g/mol. The first-order chi connectivity index (χ1) is 11.8. The van der Waals surface area contributed by atoms with Crippen LogP contribution in [0.1, 0.15) is 16.1 Å². The van der Waals surface area contributed by atoms with Crippen molar-refractivity contribution in [3.8, 4) is 16.5 Å². The molecule has 0 saturated carbocycles. The molecule has 0 spiro atoms. The van der Waals surface area contributed by atoms with Gasteiger partial charge in [-0.3, -0.25) is 4.79 Å². The van der Waals surface area contributed by atoms with Crippen molar-refractivity contribution < 1.29 is 13.9 Å². The Morgan fingerprint density at radius 1 is 1.12 bits per heavy atom. The summed E-state index contributed by atoms with van der Waals surface area (Å²) in [5.74, 6) is 1.13. The minimum absolute atomic E-state index is 0.244. The van der Waals surface area contributed by atoms with E-state index in [1.165, 1.54) is 0 Å². The maximum atomic E-state index is 11.5. The first kappa shape index (κ1) is 14.7. The van der Waals surface area contributed by atoms with Crippen LogP contribution in [0.5, 0.6) is 5.75 Å². The van der Waals surface area contributed by atoms with Gasteiger partial charge in [-0.05, 0) is 28.3 Å². The Labute approximate surface area is 142 Å². The highest BCUT2D eigenvalue weighted by atomic mass is 32.1. The highest BCUT2D eigenvalue weighted by Gasteiger charge is 2.11. The van der Waals surface area contributed by atoms with Gasteiger partial charge in [0, 0.05) is 0 Å². The van der Waals surface area contributed by atoms with Crippen LogP contribution in [-0.4, -0.2) is 11.3 Å². The van der Waals surface area contributed by atoms with Gasteiger partial charge in [-0.2, -0.15) is 0 Å². The molecule has 0 radical (unpaired) electrons. The van der Waals surface area contributed by atoms with E-state index in [-0.39, 0.29) is 6.61 Å². The number of aromatic nitrogens is 1. The number of oxazole rings is 1. The number of nitrogens with zero attached hydrogens (tertiary/aromatic N) is 1. The molecule has 24 heavy (non-hydrogen) atoms. The van der Waals surface area contributed by atoms with E-state index in [1.54, 1.807) is 17.6 Å². The fourth-order valence-electron chi connectivity index (χ4n) is 2.56. The van der Waals surface area contributed by atoms with E-state index in [1.807, 2.05) is 53.9 Å². The van der Waals surface area contributed by atoms with E-state index in [0.29, 0.717) is 22.9 Å². The number of carbonyl (C=O) groups is 1. The Morgan fingerprint density at radius 2 is 2.04 bits per heavy atom. The summed E-state index contributed by atoms with van der Waals surface area (Å²) in [6, 6.07) is 15.4. The van der Waals surface area contributed by atoms with Crippen molar-refractivity contribution in [3.63, 3.8) is 0 Å². The third kappa shape index (κ3) is 2.70. The van der Waals surface area contributed by atoms with Crippen LogP contribution in [0, 0.1) is 0 Å². The van der Waals surface area contributed by atoms with Crippen LogP contribution in [-0.2, 0) is 6.61 Å². The minimum atomic E-state index is 0.244. The van der Waals surface area contributed by atoms with Crippen LogP contribution in [0.25, 0.3) is 21.5 Å². The Hall–Kier alpha value is -2.92. The molecule has 0 aliphatic rings. The van der Waals surface area contributed by atoms with Gasteiger partial charge >= 0.3 is 0 Å². The summed E-state index contributed by atoms with van der Waals surface area (Å²) in [6.45, 7) is 0.244. The predicted molar refractivity (Wildman–Crippen MR) is 93.5 cm³/mol. The van der Waals surface area contributed by atoms with E-state index < -0.39 is 0 Å². The van der Waals surface area contributed by atoms with Crippen LogP contribution in [0.3, 0.4) is 0 Å². The van der Waals surface area contributed by atoms with Crippen LogP contribution >= 0.6 is 11.3 Å². The molecule has 0 unspecified atom stereocenters. The van der Waals surface area contributed by atoms with Crippen molar-refractivity contribution in [2.45, 2.75) is 6.61 Å². The molecular formula is C19H13NO3S. The number of ether oxygens (including phenoxy) is 1. The average molecular weight is 335 g/mol. The van der Waals surface area contributed by atoms with Crippen molar-refractivity contribution in [3.05, 3.63) is 71.4 Å². The molecule has 4 rings (SSSR count). The Bertz CT molecular complexity index is 989. The third-order valence-electron chi connectivity index (χ3n) is 3.71. The quantitative estimate of drug-likeness (QED) is 0.484. The Kier molecular flexibility index (Phi) is 3.84. The summed E-state index contributed by atoms with van der Waals surface area (Å²) >= 11 is 1.57. The van der Waals surface area contributed by atoms with E-state index in [4.69, 9.17) is 9.15 Å². The first-order valence-electron chi connectivity index (χ1n) is 7.43. The molecule has 0 aliphatic heterocycles. The number of benzene rings is 2. The van der Waals surface area contributed by atoms with Gasteiger partial charge in [0.1, 0.15) is 24.3 Å². The maximum absolute atomic E-state index is 11.5. The summed E-state index contributed by atoms with van der Waals surface area (Å²) in [5.41, 5.74) is 1.23. The zero-order chi connectivity index (χ0) is 16.4. The maximum Gasteiger partial charge on any atom is 0.236 e. The molecule has 0 aliphatic carbocycles. The zero-order valence-electron chi connectivity index (χ0n) is 12.6. The standard InChI is InChI=1S/C19H13NO3S/c21-10-16-15-5-2-1-4-13(15)7-8-17(16)22-11-14-12-23-19(20-14)18-6-3-9-24-18/h1-10,12H,11H2. The second-order valence-corrected chi connectivity index (χ2v) is 6.17. The number of carbonyl (C=O) groups excluding carboxylic acids is 1. The third-order valence-corrected chi connectivity index (χ3v) is 4.57. The second-order valence-electron chi connectivity index (χ2n) is 5.23. The van der Waals surface area contributed by atoms with Gasteiger partial charge in [0.15, 0.2) is 6.29 Å². The lowest BCUT2D eigenvalue weighted by molar-refractivity contribution is 0.112. The van der Waals surface area contributed by atoms with Crippen LogP contribution in [0.15, 0.2) is 64.6 Å². The van der Waals surface area contributed by atoms with Crippen molar-refractivity contribution in [1.29, 1.82) is 0 Å². The van der Waals surface area contributed by atoms with E-state index in [0.717, 1.165) is 21.9 Å². The lowest BCUT2D eigenvalue weighted by Crippen LogP contribution is -1.99. The van der Waals surface area contributed by atoms with Gasteiger partial charge in [-0.25, -0.2) is 4.98 Å². The smallest absolute Gasteiger partial charge is 0.236 e. The van der Waals surface area contributed by atoms with Gasteiger partial charge in [0.25, 0.3) is 0 Å². The van der Waals surface area contributed by atoms with Crippen molar-refractivity contribution in [2.24, 2.45) is 0 Å². The van der Waals surface area contributed by atoms with Crippen molar-refractivity contribution >= 4 is 28.4 Å². The number of hydrogen-bond acceptors (Lipinski definition) is 5. The molecule has 4 nitrogen and oxygen atoms in total. The molecule has 2 aromatic carbocycles. The second kappa shape index (κ2) is 6.29. The molecule has 5 heteroatoms. The largest absolute Gasteiger partial charge is 0.486 e. The molecule has 4 aromatic rings. The minimum Gasteiger partial charge on any atom is -0.486 e. The number of thiophene rings is 1. The SMILES string of the molecule is O=Cc1c(OCc2coc(-c3cccs3)n2)ccc2ccccc12. The fraction of sp³-hybridized carbons (Fsp3) is 0.0526. The summed E-state index contributed by atoms with van der Waals surface area (Å²) in [5, 5.41) is 3.86. The highest BCUT2D eigenvalue weighted by Crippen LogP contribution is 2.28. The molecule has 2 heterocycles. The van der Waals surface area contributed by atoms with Crippen molar-refractivity contribution in [2.75, 3.05) is 0 Å². The fourth-order valence-corrected chi connectivity index (χ4v) is 3.22. The molecule has 2 aromatic heterocycles. The Morgan fingerprint density at radius 3 is 2.88 bits per heavy atom. The van der Waals surface area contributed by atoms with Gasteiger partial charge in [-0.1, -0.05) is 36.4 Å². The molecule has 0 N–H and O–H groups in total. The van der Waals surface area contributed by atoms with Crippen molar-refractivity contribution in [1.82, 2.24) is 4.98 Å². The highest BCUT2D eigenvalue weighted by molar-refractivity contribution is 7.13. The number of fused-ring (bicyclic) bond motifs is 1. The predicted octanol–water partition coefficient (Wildman–Crippen LogP) is 4.95. The van der Waals surface area contributed by atoms with Gasteiger partial charge in [-0.15, -0.1) is 11.3 Å². The van der Waals surface area contributed by atoms with Gasteiger partial charge in [0.2, 0.25) is 5.89 Å². The topological polar surface area (TPSA) is 52.3 Å². The molecule has 0 saturated heterocycles. The summed E-state index contributed by atoms with van der Waals surface area (Å²) in [7, 11) is 0. The van der Waals surface area contributed by atoms with Gasteiger partial charge in [0.05, 0.1) is 10.4 Å². The summed E-state index contributed by atoms with van der Waals surface area (Å²) in [6.07, 6.45) is 2.41. The average Bonchev–Trinajstić information content (AvgIpc) is 3.30. The summed E-state index contributed by atoms with van der Waals surface area (Å²) in [4.78, 5) is 16.9. The molecule has 0 amide bonds. The number of aldehydes is 1. The normalized spacial score (nSPS) is 10.8. The lowest BCUT2D eigenvalue weighted by atomic mass is 10.0. The van der Waals surface area contributed by atoms with Crippen LogP contribution in [0.2, 0.25) is 0 Å².